The molecule has 1 N–H and O–H groups in total. The maximum atomic E-state index is 9.35. The van der Waals surface area contributed by atoms with Crippen LogP contribution in [0.3, 0.4) is 0 Å². The topological polar surface area (TPSA) is 32.7 Å². The Labute approximate surface area is 73.3 Å². The minimum Gasteiger partial charge on any atom is -0.394 e. The molecule has 2 heterocycles. The number of likely N-dealkylation sites (tertiary alicyclic amines) is 1. The fraction of sp³-hybridized carbons (Fsp3) is 1.00. The molecule has 0 bridgehead atoms. The van der Waals surface area contributed by atoms with Crippen LogP contribution in [0.5, 0.6) is 0 Å². The predicted octanol–water partition coefficient (Wildman–Crippen LogP) is 0.232. The summed E-state index contributed by atoms with van der Waals surface area (Å²) in [5.74, 6) is 0. The minimum absolute atomic E-state index is 0.0301. The average molecular weight is 171 g/mol. The molecule has 2 aliphatic rings. The lowest BCUT2D eigenvalue weighted by Crippen LogP contribution is -2.62. The van der Waals surface area contributed by atoms with Gasteiger partial charge in [0.25, 0.3) is 0 Å². The van der Waals surface area contributed by atoms with Gasteiger partial charge in [0.15, 0.2) is 0 Å². The summed E-state index contributed by atoms with van der Waals surface area (Å²) in [4.78, 5) is 2.39. The SMILES string of the molecule is CC1CCN1C1(CO)CCOC1. The summed E-state index contributed by atoms with van der Waals surface area (Å²) in [6, 6.07) is 0.638. The third-order valence-electron chi connectivity index (χ3n) is 3.31. The van der Waals surface area contributed by atoms with Crippen LogP contribution in [0.15, 0.2) is 0 Å². The summed E-state index contributed by atoms with van der Waals surface area (Å²) in [6.45, 7) is 5.12. The van der Waals surface area contributed by atoms with E-state index in [2.05, 4.69) is 11.8 Å². The molecule has 12 heavy (non-hydrogen) atoms. The van der Waals surface area contributed by atoms with Gasteiger partial charge in [-0.3, -0.25) is 4.90 Å². The lowest BCUT2D eigenvalue weighted by molar-refractivity contribution is -0.0536. The van der Waals surface area contributed by atoms with Gasteiger partial charge in [0.1, 0.15) is 0 Å². The molecule has 3 heteroatoms. The molecule has 0 aliphatic carbocycles. The monoisotopic (exact) mass is 171 g/mol. The van der Waals surface area contributed by atoms with Gasteiger partial charge < -0.3 is 9.84 Å². The highest BCUT2D eigenvalue weighted by molar-refractivity contribution is 4.99. The number of aliphatic hydroxyl groups excluding tert-OH is 1. The minimum atomic E-state index is -0.0301. The van der Waals surface area contributed by atoms with E-state index in [9.17, 15) is 5.11 Å². The van der Waals surface area contributed by atoms with Crippen molar-refractivity contribution in [2.45, 2.75) is 31.3 Å². The van der Waals surface area contributed by atoms with Crippen molar-refractivity contribution >= 4 is 0 Å². The van der Waals surface area contributed by atoms with E-state index in [1.54, 1.807) is 0 Å². The second-order valence-electron chi connectivity index (χ2n) is 4.02. The third kappa shape index (κ3) is 1.08. The van der Waals surface area contributed by atoms with Crippen LogP contribution in [0.2, 0.25) is 0 Å². The number of hydrogen-bond donors (Lipinski definition) is 1. The molecule has 2 aliphatic heterocycles. The molecule has 2 atom stereocenters. The molecule has 0 amide bonds. The van der Waals surface area contributed by atoms with Gasteiger partial charge in [0.05, 0.1) is 18.8 Å². The standard InChI is InChI=1S/C9H17NO2/c1-8-2-4-10(8)9(6-11)3-5-12-7-9/h8,11H,2-7H2,1H3. The van der Waals surface area contributed by atoms with Crippen molar-refractivity contribution in [1.82, 2.24) is 4.90 Å². The zero-order valence-electron chi connectivity index (χ0n) is 7.62. The van der Waals surface area contributed by atoms with Crippen LogP contribution >= 0.6 is 0 Å². The van der Waals surface area contributed by atoms with Gasteiger partial charge >= 0.3 is 0 Å². The molecule has 2 fully saturated rings. The Bertz CT molecular complexity index is 166. The van der Waals surface area contributed by atoms with Crippen molar-refractivity contribution in [2.75, 3.05) is 26.4 Å². The van der Waals surface area contributed by atoms with E-state index >= 15 is 0 Å². The third-order valence-corrected chi connectivity index (χ3v) is 3.31. The Morgan fingerprint density at radius 2 is 2.50 bits per heavy atom. The summed E-state index contributed by atoms with van der Waals surface area (Å²) in [7, 11) is 0. The Kier molecular flexibility index (Phi) is 2.10. The highest BCUT2D eigenvalue weighted by Gasteiger charge is 2.45. The highest BCUT2D eigenvalue weighted by Crippen LogP contribution is 2.33. The summed E-state index contributed by atoms with van der Waals surface area (Å²) in [5.41, 5.74) is -0.0301. The van der Waals surface area contributed by atoms with E-state index in [4.69, 9.17) is 4.74 Å². The van der Waals surface area contributed by atoms with E-state index in [1.807, 2.05) is 0 Å². The smallest absolute Gasteiger partial charge is 0.0700 e. The van der Waals surface area contributed by atoms with Crippen LogP contribution in [0.25, 0.3) is 0 Å². The van der Waals surface area contributed by atoms with Gasteiger partial charge in [-0.1, -0.05) is 0 Å². The Morgan fingerprint density at radius 1 is 1.67 bits per heavy atom. The van der Waals surface area contributed by atoms with Gasteiger partial charge in [-0.05, 0) is 19.8 Å². The fourth-order valence-electron chi connectivity index (χ4n) is 2.26. The molecule has 0 aromatic carbocycles. The Balaban J connectivity index is 2.05. The van der Waals surface area contributed by atoms with Crippen LogP contribution in [0.1, 0.15) is 19.8 Å². The van der Waals surface area contributed by atoms with Crippen molar-refractivity contribution in [1.29, 1.82) is 0 Å². The van der Waals surface area contributed by atoms with Gasteiger partial charge in [0.2, 0.25) is 0 Å². The van der Waals surface area contributed by atoms with Crippen LogP contribution in [0.4, 0.5) is 0 Å². The quantitative estimate of drug-likeness (QED) is 0.645. The zero-order valence-corrected chi connectivity index (χ0v) is 7.62. The first kappa shape index (κ1) is 8.48. The number of ether oxygens (including phenoxy) is 1. The highest BCUT2D eigenvalue weighted by atomic mass is 16.5. The molecule has 0 saturated carbocycles. The van der Waals surface area contributed by atoms with Gasteiger partial charge in [-0.15, -0.1) is 0 Å². The van der Waals surface area contributed by atoms with E-state index in [0.29, 0.717) is 12.6 Å². The van der Waals surface area contributed by atoms with Crippen molar-refractivity contribution < 1.29 is 9.84 Å². The Morgan fingerprint density at radius 3 is 2.83 bits per heavy atom. The van der Waals surface area contributed by atoms with Crippen LogP contribution < -0.4 is 0 Å². The second kappa shape index (κ2) is 2.98. The van der Waals surface area contributed by atoms with Crippen LogP contribution in [0, 0.1) is 0 Å². The molecule has 2 saturated heterocycles. The molecular weight excluding hydrogens is 154 g/mol. The summed E-state index contributed by atoms with van der Waals surface area (Å²) in [5, 5.41) is 9.35. The van der Waals surface area contributed by atoms with Crippen molar-refractivity contribution in [3.8, 4) is 0 Å². The number of hydrogen-bond acceptors (Lipinski definition) is 3. The van der Waals surface area contributed by atoms with Gasteiger partial charge in [-0.2, -0.15) is 0 Å². The number of aliphatic hydroxyl groups is 1. The summed E-state index contributed by atoms with van der Waals surface area (Å²) < 4.78 is 5.35. The molecule has 0 aromatic rings. The maximum absolute atomic E-state index is 9.35. The molecule has 0 aromatic heterocycles. The lowest BCUT2D eigenvalue weighted by atomic mass is 9.89. The van der Waals surface area contributed by atoms with Crippen molar-refractivity contribution in [2.24, 2.45) is 0 Å². The molecule has 3 nitrogen and oxygen atoms in total. The summed E-state index contributed by atoms with van der Waals surface area (Å²) in [6.07, 6.45) is 2.26. The van der Waals surface area contributed by atoms with Crippen LogP contribution in [-0.4, -0.2) is 48.0 Å². The molecule has 70 valence electrons. The van der Waals surface area contributed by atoms with E-state index in [1.165, 1.54) is 6.42 Å². The maximum Gasteiger partial charge on any atom is 0.0700 e. The first-order chi connectivity index (χ1) is 5.78. The van der Waals surface area contributed by atoms with E-state index in [0.717, 1.165) is 19.6 Å². The summed E-state index contributed by atoms with van der Waals surface area (Å²) >= 11 is 0. The molecule has 0 spiro atoms. The second-order valence-corrected chi connectivity index (χ2v) is 4.02. The van der Waals surface area contributed by atoms with E-state index in [-0.39, 0.29) is 12.1 Å². The first-order valence-electron chi connectivity index (χ1n) is 4.74. The predicted molar refractivity (Wildman–Crippen MR) is 46.0 cm³/mol. The van der Waals surface area contributed by atoms with Crippen molar-refractivity contribution in [3.05, 3.63) is 0 Å². The normalized spacial score (nSPS) is 43.0. The fourth-order valence-corrected chi connectivity index (χ4v) is 2.26. The molecule has 2 rings (SSSR count). The zero-order chi connectivity index (χ0) is 8.60. The molecule has 2 unspecified atom stereocenters. The first-order valence-corrected chi connectivity index (χ1v) is 4.74. The Hall–Kier alpha value is -0.120. The lowest BCUT2D eigenvalue weighted by Gasteiger charge is -2.49. The average Bonchev–Trinajstić information content (AvgIpc) is 2.51. The van der Waals surface area contributed by atoms with Gasteiger partial charge in [-0.25, -0.2) is 0 Å². The molecular formula is C9H17NO2. The van der Waals surface area contributed by atoms with Crippen molar-refractivity contribution in [3.63, 3.8) is 0 Å². The van der Waals surface area contributed by atoms with Gasteiger partial charge in [0, 0.05) is 19.2 Å². The largest absolute Gasteiger partial charge is 0.394 e. The van der Waals surface area contributed by atoms with E-state index < -0.39 is 0 Å². The number of nitrogens with zero attached hydrogens (tertiary/aromatic N) is 1. The van der Waals surface area contributed by atoms with Crippen LogP contribution in [-0.2, 0) is 4.74 Å². The number of rotatable bonds is 2. The molecule has 0 radical (unpaired) electrons.